The molecule has 1 aromatic carbocycles. The number of amides is 1. The lowest BCUT2D eigenvalue weighted by Gasteiger charge is -2.19. The Morgan fingerprint density at radius 1 is 1.27 bits per heavy atom. The van der Waals surface area contributed by atoms with E-state index < -0.39 is 14.6 Å². The number of carbonyl (C=O) groups is 1. The molecule has 0 radical (unpaired) electrons. The fourth-order valence-electron chi connectivity index (χ4n) is 2.26. The van der Waals surface area contributed by atoms with E-state index in [9.17, 15) is 13.2 Å². The van der Waals surface area contributed by atoms with E-state index in [1.807, 2.05) is 0 Å². The Bertz CT molecular complexity index is 624. The van der Waals surface area contributed by atoms with Crippen LogP contribution >= 0.6 is 0 Å². The van der Waals surface area contributed by atoms with Crippen molar-refractivity contribution >= 4 is 21.4 Å². The van der Waals surface area contributed by atoms with Crippen molar-refractivity contribution in [3.8, 4) is 0 Å². The van der Waals surface area contributed by atoms with Gasteiger partial charge in [0, 0.05) is 5.69 Å². The third kappa shape index (κ3) is 4.08. The maximum absolute atomic E-state index is 12.2. The van der Waals surface area contributed by atoms with Crippen LogP contribution in [0.15, 0.2) is 24.3 Å². The minimum absolute atomic E-state index is 0.00884. The summed E-state index contributed by atoms with van der Waals surface area (Å²) >= 11 is 0. The molecule has 6 heteroatoms. The summed E-state index contributed by atoms with van der Waals surface area (Å²) in [6, 6.07) is 6.88. The van der Waals surface area contributed by atoms with Crippen LogP contribution in [0.2, 0.25) is 0 Å². The molecule has 1 saturated heterocycles. The van der Waals surface area contributed by atoms with Gasteiger partial charge in [0.1, 0.15) is 0 Å². The van der Waals surface area contributed by atoms with Crippen LogP contribution in [0.4, 0.5) is 5.69 Å². The molecule has 0 spiro atoms. The smallest absolute Gasteiger partial charge is 0.241 e. The topological polar surface area (TPSA) is 75.3 Å². The first-order valence-corrected chi connectivity index (χ1v) is 9.20. The molecule has 122 valence electrons. The van der Waals surface area contributed by atoms with Gasteiger partial charge in [-0.15, -0.1) is 0 Å². The average molecular weight is 324 g/mol. The predicted molar refractivity (Wildman–Crippen MR) is 88.5 cm³/mol. The van der Waals surface area contributed by atoms with Gasteiger partial charge in [-0.2, -0.15) is 0 Å². The van der Waals surface area contributed by atoms with Gasteiger partial charge in [-0.1, -0.05) is 12.1 Å². The van der Waals surface area contributed by atoms with Crippen LogP contribution in [0.1, 0.15) is 39.2 Å². The fourth-order valence-corrected chi connectivity index (χ4v) is 3.32. The zero-order valence-corrected chi connectivity index (χ0v) is 14.2. The van der Waals surface area contributed by atoms with Crippen molar-refractivity contribution in [3.05, 3.63) is 29.8 Å². The summed E-state index contributed by atoms with van der Waals surface area (Å²) in [6.07, 6.45) is 1.87. The molecule has 1 aliphatic heterocycles. The number of carbonyl (C=O) groups excluding carboxylic acids is 1. The Labute approximate surface area is 132 Å². The summed E-state index contributed by atoms with van der Waals surface area (Å²) in [5, 5.41) is 6.00. The second-order valence-corrected chi connectivity index (χ2v) is 9.45. The van der Waals surface area contributed by atoms with Crippen LogP contribution < -0.4 is 10.6 Å². The Kier molecular flexibility index (Phi) is 4.92. The van der Waals surface area contributed by atoms with Gasteiger partial charge in [-0.3, -0.25) is 4.79 Å². The monoisotopic (exact) mass is 324 g/mol. The molecule has 0 aromatic heterocycles. The minimum atomic E-state index is -3.20. The van der Waals surface area contributed by atoms with Crippen LogP contribution in [0.3, 0.4) is 0 Å². The average Bonchev–Trinajstić information content (AvgIpc) is 2.93. The molecular weight excluding hydrogens is 300 g/mol. The van der Waals surface area contributed by atoms with E-state index >= 15 is 0 Å². The van der Waals surface area contributed by atoms with Gasteiger partial charge in [-0.05, 0) is 57.9 Å². The van der Waals surface area contributed by atoms with E-state index in [-0.39, 0.29) is 17.7 Å². The molecule has 2 N–H and O–H groups in total. The van der Waals surface area contributed by atoms with E-state index in [0.29, 0.717) is 5.69 Å². The molecule has 1 aliphatic rings. The molecule has 1 aromatic rings. The first kappa shape index (κ1) is 17.0. The van der Waals surface area contributed by atoms with Crippen LogP contribution in [0.25, 0.3) is 0 Å². The molecule has 1 atom stereocenters. The number of hydrogen-bond donors (Lipinski definition) is 2. The third-order valence-corrected chi connectivity index (χ3v) is 6.47. The molecule has 1 fully saturated rings. The van der Waals surface area contributed by atoms with Crippen molar-refractivity contribution in [2.45, 2.75) is 50.2 Å². The molecule has 1 heterocycles. The van der Waals surface area contributed by atoms with Gasteiger partial charge in [0.25, 0.3) is 0 Å². The summed E-state index contributed by atoms with van der Waals surface area (Å²) in [5.41, 5.74) is 1.42. The van der Waals surface area contributed by atoms with Gasteiger partial charge >= 0.3 is 0 Å². The summed E-state index contributed by atoms with van der Waals surface area (Å²) in [5.74, 6) is -0.0258. The number of rotatable bonds is 4. The largest absolute Gasteiger partial charge is 0.325 e. The van der Waals surface area contributed by atoms with Gasteiger partial charge in [-0.25, -0.2) is 8.42 Å². The highest BCUT2D eigenvalue weighted by Crippen LogP contribution is 2.21. The summed E-state index contributed by atoms with van der Waals surface area (Å²) in [4.78, 5) is 12.0. The molecular formula is C16H24N2O3S. The molecule has 2 rings (SSSR count). The molecule has 0 bridgehead atoms. The van der Waals surface area contributed by atoms with Crippen molar-refractivity contribution in [3.63, 3.8) is 0 Å². The highest BCUT2D eigenvalue weighted by molar-refractivity contribution is 7.91. The lowest BCUT2D eigenvalue weighted by Crippen LogP contribution is -2.35. The first-order valence-electron chi connectivity index (χ1n) is 7.54. The molecule has 1 unspecified atom stereocenters. The molecule has 0 saturated carbocycles. The SMILES string of the molecule is CC(C)(C)S(=O)(=O)Cc1ccc(NC(=O)C2CCCN2)cc1. The Balaban J connectivity index is 2.00. The van der Waals surface area contributed by atoms with E-state index in [1.54, 1.807) is 45.0 Å². The van der Waals surface area contributed by atoms with Crippen LogP contribution in [-0.2, 0) is 20.4 Å². The zero-order valence-electron chi connectivity index (χ0n) is 13.3. The Hall–Kier alpha value is -1.40. The van der Waals surface area contributed by atoms with Gasteiger partial charge in [0.05, 0.1) is 16.5 Å². The summed E-state index contributed by atoms with van der Waals surface area (Å²) in [7, 11) is -3.20. The van der Waals surface area contributed by atoms with Crippen molar-refractivity contribution in [2.24, 2.45) is 0 Å². The Morgan fingerprint density at radius 3 is 2.41 bits per heavy atom. The van der Waals surface area contributed by atoms with Crippen LogP contribution in [0, 0.1) is 0 Å². The van der Waals surface area contributed by atoms with Gasteiger partial charge in [0.2, 0.25) is 5.91 Å². The number of hydrogen-bond acceptors (Lipinski definition) is 4. The van der Waals surface area contributed by atoms with Crippen molar-refractivity contribution in [1.29, 1.82) is 0 Å². The van der Waals surface area contributed by atoms with E-state index in [0.717, 1.165) is 24.9 Å². The predicted octanol–water partition coefficient (Wildman–Crippen LogP) is 2.09. The second-order valence-electron chi connectivity index (χ2n) is 6.71. The third-order valence-electron chi connectivity index (χ3n) is 3.89. The summed E-state index contributed by atoms with van der Waals surface area (Å²) in [6.45, 7) is 5.98. The van der Waals surface area contributed by atoms with Crippen molar-refractivity contribution in [2.75, 3.05) is 11.9 Å². The molecule has 22 heavy (non-hydrogen) atoms. The van der Waals surface area contributed by atoms with E-state index in [2.05, 4.69) is 10.6 Å². The summed E-state index contributed by atoms with van der Waals surface area (Å²) < 4.78 is 23.6. The lowest BCUT2D eigenvalue weighted by molar-refractivity contribution is -0.117. The Morgan fingerprint density at radius 2 is 1.91 bits per heavy atom. The molecule has 0 aliphatic carbocycles. The zero-order chi connectivity index (χ0) is 16.4. The minimum Gasteiger partial charge on any atom is -0.325 e. The van der Waals surface area contributed by atoms with Crippen LogP contribution in [-0.4, -0.2) is 31.7 Å². The highest BCUT2D eigenvalue weighted by atomic mass is 32.2. The molecule has 5 nitrogen and oxygen atoms in total. The number of sulfone groups is 1. The second kappa shape index (κ2) is 6.38. The quantitative estimate of drug-likeness (QED) is 0.889. The molecule has 1 amide bonds. The normalized spacial score (nSPS) is 19.1. The fraction of sp³-hybridized carbons (Fsp3) is 0.562. The van der Waals surface area contributed by atoms with E-state index in [4.69, 9.17) is 0 Å². The van der Waals surface area contributed by atoms with Crippen molar-refractivity contribution in [1.82, 2.24) is 5.32 Å². The van der Waals surface area contributed by atoms with Gasteiger partial charge in [0.15, 0.2) is 9.84 Å². The highest BCUT2D eigenvalue weighted by Gasteiger charge is 2.29. The standard InChI is InChI=1S/C16H24N2O3S/c1-16(2,3)22(20,21)11-12-6-8-13(9-7-12)18-15(19)14-5-4-10-17-14/h6-9,14,17H,4-5,10-11H2,1-3H3,(H,18,19). The first-order chi connectivity index (χ1) is 10.2. The number of nitrogens with one attached hydrogen (secondary N) is 2. The van der Waals surface area contributed by atoms with Crippen molar-refractivity contribution < 1.29 is 13.2 Å². The van der Waals surface area contributed by atoms with Gasteiger partial charge < -0.3 is 10.6 Å². The number of anilines is 1. The van der Waals surface area contributed by atoms with Crippen LogP contribution in [0.5, 0.6) is 0 Å². The van der Waals surface area contributed by atoms with E-state index in [1.165, 1.54) is 0 Å². The maximum Gasteiger partial charge on any atom is 0.241 e. The maximum atomic E-state index is 12.2. The number of benzene rings is 1. The lowest BCUT2D eigenvalue weighted by atomic mass is 10.2.